The van der Waals surface area contributed by atoms with Crippen LogP contribution in [-0.2, 0) is 33.4 Å². The van der Waals surface area contributed by atoms with Crippen LogP contribution < -0.4 is 0 Å². The van der Waals surface area contributed by atoms with Crippen molar-refractivity contribution in [1.82, 2.24) is 9.80 Å². The minimum Gasteiger partial charge on any atom is -0.468 e. The maximum atomic E-state index is 13.2. The molecule has 3 amide bonds. The molecule has 0 saturated carbocycles. The van der Waals surface area contributed by atoms with Gasteiger partial charge in [0.15, 0.2) is 12.0 Å². The molecule has 1 aliphatic heterocycles. The number of imide groups is 1. The first kappa shape index (κ1) is 23.4. The molecule has 1 saturated heterocycles. The minimum absolute atomic E-state index is 0.0439. The van der Waals surface area contributed by atoms with Crippen LogP contribution in [0.2, 0.25) is 0 Å². The SMILES string of the molecule is CC[C@H](C(=O)N1C(=O)N(C)C[C@H]1C(=O)OC(C)(C)C)C(C(=O)OC)C(=O)OC. The zero-order chi connectivity index (χ0) is 21.8. The zero-order valence-electron chi connectivity index (χ0n) is 17.3. The fraction of sp³-hybridized carbons (Fsp3) is 0.722. The maximum Gasteiger partial charge on any atom is 0.331 e. The fourth-order valence-electron chi connectivity index (χ4n) is 2.94. The summed E-state index contributed by atoms with van der Waals surface area (Å²) in [6.45, 7) is 6.51. The van der Waals surface area contributed by atoms with Crippen molar-refractivity contribution in [2.24, 2.45) is 11.8 Å². The number of urea groups is 1. The summed E-state index contributed by atoms with van der Waals surface area (Å²) in [6.07, 6.45) is 0.0439. The van der Waals surface area contributed by atoms with Crippen LogP contribution in [0.5, 0.6) is 0 Å². The number of hydrogen-bond acceptors (Lipinski definition) is 8. The highest BCUT2D eigenvalue weighted by atomic mass is 16.6. The average molecular weight is 400 g/mol. The van der Waals surface area contributed by atoms with Crippen molar-refractivity contribution in [3.8, 4) is 0 Å². The Morgan fingerprint density at radius 3 is 2.00 bits per heavy atom. The molecular weight excluding hydrogens is 372 g/mol. The van der Waals surface area contributed by atoms with Crippen molar-refractivity contribution in [3.05, 3.63) is 0 Å². The van der Waals surface area contributed by atoms with Gasteiger partial charge in [0, 0.05) is 7.05 Å². The van der Waals surface area contributed by atoms with E-state index in [0.717, 1.165) is 19.1 Å². The molecule has 0 radical (unpaired) electrons. The Morgan fingerprint density at radius 2 is 1.61 bits per heavy atom. The first-order valence-corrected chi connectivity index (χ1v) is 8.86. The molecule has 0 aromatic heterocycles. The molecule has 0 N–H and O–H groups in total. The van der Waals surface area contributed by atoms with E-state index in [0.29, 0.717) is 0 Å². The van der Waals surface area contributed by atoms with Gasteiger partial charge in [-0.3, -0.25) is 14.4 Å². The minimum atomic E-state index is -1.55. The number of methoxy groups -OCH3 is 2. The normalized spacial score (nSPS) is 18.1. The van der Waals surface area contributed by atoms with E-state index >= 15 is 0 Å². The van der Waals surface area contributed by atoms with E-state index in [1.807, 2.05) is 0 Å². The van der Waals surface area contributed by atoms with Crippen LogP contribution >= 0.6 is 0 Å². The van der Waals surface area contributed by atoms with Crippen molar-refractivity contribution in [2.45, 2.75) is 45.8 Å². The van der Waals surface area contributed by atoms with E-state index in [2.05, 4.69) is 9.47 Å². The van der Waals surface area contributed by atoms with Crippen LogP contribution in [0.15, 0.2) is 0 Å². The second kappa shape index (κ2) is 9.03. The molecule has 1 aliphatic rings. The maximum absolute atomic E-state index is 13.2. The quantitative estimate of drug-likeness (QED) is 0.361. The topological polar surface area (TPSA) is 120 Å². The highest BCUT2D eigenvalue weighted by Gasteiger charge is 2.50. The molecule has 10 heteroatoms. The van der Waals surface area contributed by atoms with Gasteiger partial charge in [0.25, 0.3) is 0 Å². The second-order valence-corrected chi connectivity index (χ2v) is 7.46. The van der Waals surface area contributed by atoms with Crippen molar-refractivity contribution >= 4 is 29.8 Å². The molecular formula is C18H28N2O8. The van der Waals surface area contributed by atoms with Crippen LogP contribution in [0.4, 0.5) is 4.79 Å². The highest BCUT2D eigenvalue weighted by Crippen LogP contribution is 2.27. The van der Waals surface area contributed by atoms with Crippen LogP contribution in [0, 0.1) is 11.8 Å². The summed E-state index contributed by atoms with van der Waals surface area (Å²) in [4.78, 5) is 64.4. The van der Waals surface area contributed by atoms with E-state index < -0.39 is 53.3 Å². The average Bonchev–Trinajstić information content (AvgIpc) is 2.91. The van der Waals surface area contributed by atoms with Crippen molar-refractivity contribution in [1.29, 1.82) is 0 Å². The number of carbonyl (C=O) groups is 5. The van der Waals surface area contributed by atoms with Gasteiger partial charge >= 0.3 is 23.9 Å². The number of nitrogens with zero attached hydrogens (tertiary/aromatic N) is 2. The highest BCUT2D eigenvalue weighted by molar-refractivity contribution is 6.06. The summed E-state index contributed by atoms with van der Waals surface area (Å²) in [5.41, 5.74) is -0.819. The van der Waals surface area contributed by atoms with Crippen molar-refractivity contribution in [3.63, 3.8) is 0 Å². The van der Waals surface area contributed by atoms with Gasteiger partial charge in [0.2, 0.25) is 5.91 Å². The Kier molecular flexibility index (Phi) is 7.54. The van der Waals surface area contributed by atoms with Gasteiger partial charge < -0.3 is 19.1 Å². The van der Waals surface area contributed by atoms with E-state index in [1.165, 1.54) is 11.9 Å². The number of amides is 3. The molecule has 1 heterocycles. The van der Waals surface area contributed by atoms with Crippen LogP contribution in [0.1, 0.15) is 34.1 Å². The van der Waals surface area contributed by atoms with Crippen LogP contribution in [-0.4, -0.2) is 79.1 Å². The summed E-state index contributed by atoms with van der Waals surface area (Å²) >= 11 is 0. The predicted octanol–water partition coefficient (Wildman–Crippen LogP) is 0.579. The standard InChI is InChI=1S/C18H28N2O8/c1-8-10(12(15(23)26-6)16(24)27-7)13(21)20-11(9-19(5)17(20)25)14(22)28-18(2,3)4/h10-12H,8-9H2,1-7H3/t10-,11-/m0/s1. The molecule has 28 heavy (non-hydrogen) atoms. The van der Waals surface area contributed by atoms with E-state index in [4.69, 9.17) is 4.74 Å². The third kappa shape index (κ3) is 4.99. The van der Waals surface area contributed by atoms with Gasteiger partial charge in [0.1, 0.15) is 5.60 Å². The molecule has 0 aromatic rings. The zero-order valence-corrected chi connectivity index (χ0v) is 17.3. The van der Waals surface area contributed by atoms with Gasteiger partial charge in [0.05, 0.1) is 26.7 Å². The van der Waals surface area contributed by atoms with E-state index in [1.54, 1.807) is 27.7 Å². The van der Waals surface area contributed by atoms with Crippen molar-refractivity contribution in [2.75, 3.05) is 27.8 Å². The van der Waals surface area contributed by atoms with Gasteiger partial charge in [-0.2, -0.15) is 0 Å². The summed E-state index contributed by atoms with van der Waals surface area (Å²) in [7, 11) is 3.59. The van der Waals surface area contributed by atoms with E-state index in [9.17, 15) is 24.0 Å². The molecule has 2 atom stereocenters. The molecule has 0 unspecified atom stereocenters. The molecule has 0 spiro atoms. The van der Waals surface area contributed by atoms with Crippen molar-refractivity contribution < 1.29 is 38.2 Å². The summed E-state index contributed by atoms with van der Waals surface area (Å²) in [5, 5.41) is 0. The van der Waals surface area contributed by atoms with Gasteiger partial charge in [-0.05, 0) is 27.2 Å². The molecule has 0 aliphatic carbocycles. The van der Waals surface area contributed by atoms with Crippen LogP contribution in [0.3, 0.4) is 0 Å². The lowest BCUT2D eigenvalue weighted by atomic mass is 9.88. The lowest BCUT2D eigenvalue weighted by Crippen LogP contribution is -2.51. The smallest absolute Gasteiger partial charge is 0.331 e. The largest absolute Gasteiger partial charge is 0.468 e. The Bertz CT molecular complexity index is 638. The third-order valence-electron chi connectivity index (χ3n) is 4.28. The van der Waals surface area contributed by atoms with Gasteiger partial charge in [-0.1, -0.05) is 6.92 Å². The molecule has 0 bridgehead atoms. The van der Waals surface area contributed by atoms with Gasteiger partial charge in [-0.15, -0.1) is 0 Å². The fourth-order valence-corrected chi connectivity index (χ4v) is 2.94. The van der Waals surface area contributed by atoms with E-state index in [-0.39, 0.29) is 13.0 Å². The van der Waals surface area contributed by atoms with Crippen LogP contribution in [0.25, 0.3) is 0 Å². The number of rotatable bonds is 6. The third-order valence-corrected chi connectivity index (χ3v) is 4.28. The Balaban J connectivity index is 3.27. The number of hydrogen-bond donors (Lipinski definition) is 0. The lowest BCUT2D eigenvalue weighted by Gasteiger charge is -2.29. The first-order valence-electron chi connectivity index (χ1n) is 8.86. The number of esters is 3. The molecule has 10 nitrogen and oxygen atoms in total. The Labute approximate surface area is 164 Å². The molecule has 0 aromatic carbocycles. The Hall–Kier alpha value is -2.65. The Morgan fingerprint density at radius 1 is 1.11 bits per heavy atom. The summed E-state index contributed by atoms with van der Waals surface area (Å²) < 4.78 is 14.6. The summed E-state index contributed by atoms with van der Waals surface area (Å²) in [6, 6.07) is -1.90. The second-order valence-electron chi connectivity index (χ2n) is 7.46. The molecule has 1 fully saturated rings. The first-order chi connectivity index (χ1) is 12.9. The lowest BCUT2D eigenvalue weighted by molar-refractivity contribution is -0.167. The predicted molar refractivity (Wildman–Crippen MR) is 95.8 cm³/mol. The van der Waals surface area contributed by atoms with Gasteiger partial charge in [-0.25, -0.2) is 14.5 Å². The monoisotopic (exact) mass is 400 g/mol. The number of likely N-dealkylation sites (N-methyl/N-ethyl adjacent to an activating group) is 1. The summed E-state index contributed by atoms with van der Waals surface area (Å²) in [5.74, 6) is -6.29. The molecule has 1 rings (SSSR count). The number of carbonyl (C=O) groups excluding carboxylic acids is 5. The molecule has 158 valence electrons. The number of ether oxygens (including phenoxy) is 3.